The van der Waals surface area contributed by atoms with Gasteiger partial charge in [0.15, 0.2) is 11.5 Å². The Morgan fingerprint density at radius 3 is 2.62 bits per heavy atom. The molecule has 1 aliphatic heterocycles. The monoisotopic (exact) mass is 291 g/mol. The summed E-state index contributed by atoms with van der Waals surface area (Å²) >= 11 is 0. The number of rotatable bonds is 5. The Morgan fingerprint density at radius 1 is 1.19 bits per heavy atom. The molecule has 4 heteroatoms. The molecule has 116 valence electrons. The molecule has 0 bridgehead atoms. The van der Waals surface area contributed by atoms with Crippen LogP contribution >= 0.6 is 0 Å². The lowest BCUT2D eigenvalue weighted by Crippen LogP contribution is -2.24. The maximum atomic E-state index is 6.27. The van der Waals surface area contributed by atoms with Crippen LogP contribution in [0.5, 0.6) is 17.2 Å². The molecule has 1 atom stereocenters. The SMILES string of the molecule is CCC(N)Cc1cc2c(cc1OC1CCCCC1)OCO2. The average molecular weight is 291 g/mol. The summed E-state index contributed by atoms with van der Waals surface area (Å²) in [6, 6.07) is 4.17. The van der Waals surface area contributed by atoms with Crippen molar-refractivity contribution in [1.29, 1.82) is 0 Å². The van der Waals surface area contributed by atoms with Crippen LogP contribution in [0.15, 0.2) is 12.1 Å². The Hall–Kier alpha value is -1.42. The van der Waals surface area contributed by atoms with E-state index in [2.05, 4.69) is 6.92 Å². The van der Waals surface area contributed by atoms with E-state index in [4.69, 9.17) is 19.9 Å². The van der Waals surface area contributed by atoms with Gasteiger partial charge >= 0.3 is 0 Å². The van der Waals surface area contributed by atoms with Crippen LogP contribution < -0.4 is 19.9 Å². The highest BCUT2D eigenvalue weighted by Gasteiger charge is 2.22. The molecule has 1 heterocycles. The standard InChI is InChI=1S/C17H25NO3/c1-2-13(18)8-12-9-16-17(20-11-19-16)10-15(12)21-14-6-4-3-5-7-14/h9-10,13-14H,2-8,11,18H2,1H3. The van der Waals surface area contributed by atoms with Crippen molar-refractivity contribution in [3.63, 3.8) is 0 Å². The zero-order valence-electron chi connectivity index (χ0n) is 12.8. The summed E-state index contributed by atoms with van der Waals surface area (Å²) in [5, 5.41) is 0. The van der Waals surface area contributed by atoms with Gasteiger partial charge in [-0.05, 0) is 50.2 Å². The minimum Gasteiger partial charge on any atom is -0.490 e. The topological polar surface area (TPSA) is 53.7 Å². The van der Waals surface area contributed by atoms with Crippen LogP contribution in [0.2, 0.25) is 0 Å². The second-order valence-corrected chi connectivity index (χ2v) is 6.06. The minimum absolute atomic E-state index is 0.152. The van der Waals surface area contributed by atoms with E-state index in [0.29, 0.717) is 12.9 Å². The highest BCUT2D eigenvalue weighted by atomic mass is 16.7. The Labute approximate surface area is 126 Å². The van der Waals surface area contributed by atoms with Crippen LogP contribution in [0, 0.1) is 0 Å². The maximum absolute atomic E-state index is 6.27. The molecule has 0 amide bonds. The lowest BCUT2D eigenvalue weighted by atomic mass is 9.97. The van der Waals surface area contributed by atoms with Gasteiger partial charge in [-0.3, -0.25) is 0 Å². The number of ether oxygens (including phenoxy) is 3. The van der Waals surface area contributed by atoms with Crippen molar-refractivity contribution in [3.8, 4) is 17.2 Å². The third-order valence-corrected chi connectivity index (χ3v) is 4.41. The average Bonchev–Trinajstić information content (AvgIpc) is 2.95. The third kappa shape index (κ3) is 3.43. The molecule has 1 fully saturated rings. The van der Waals surface area contributed by atoms with Crippen molar-refractivity contribution in [2.24, 2.45) is 5.73 Å². The number of hydrogen-bond acceptors (Lipinski definition) is 4. The predicted molar refractivity (Wildman–Crippen MR) is 82.0 cm³/mol. The van der Waals surface area contributed by atoms with Crippen LogP contribution in [0.4, 0.5) is 0 Å². The smallest absolute Gasteiger partial charge is 0.231 e. The van der Waals surface area contributed by atoms with Gasteiger partial charge in [-0.2, -0.15) is 0 Å². The summed E-state index contributed by atoms with van der Waals surface area (Å²) < 4.78 is 17.2. The minimum atomic E-state index is 0.152. The lowest BCUT2D eigenvalue weighted by Gasteiger charge is -2.25. The molecule has 1 aromatic carbocycles. The Bertz CT molecular complexity index is 483. The molecule has 0 radical (unpaired) electrons. The van der Waals surface area contributed by atoms with E-state index < -0.39 is 0 Å². The molecule has 1 aromatic rings. The first kappa shape index (κ1) is 14.5. The fourth-order valence-electron chi connectivity index (χ4n) is 3.02. The largest absolute Gasteiger partial charge is 0.490 e. The van der Waals surface area contributed by atoms with Gasteiger partial charge in [-0.15, -0.1) is 0 Å². The first-order valence-electron chi connectivity index (χ1n) is 8.11. The van der Waals surface area contributed by atoms with Crippen molar-refractivity contribution in [3.05, 3.63) is 17.7 Å². The van der Waals surface area contributed by atoms with Crippen molar-refractivity contribution >= 4 is 0 Å². The van der Waals surface area contributed by atoms with E-state index in [0.717, 1.165) is 48.5 Å². The molecular weight excluding hydrogens is 266 g/mol. The second kappa shape index (κ2) is 6.56. The highest BCUT2D eigenvalue weighted by Crippen LogP contribution is 2.39. The zero-order chi connectivity index (χ0) is 14.7. The van der Waals surface area contributed by atoms with Crippen LogP contribution in [-0.4, -0.2) is 18.9 Å². The van der Waals surface area contributed by atoms with E-state index >= 15 is 0 Å². The van der Waals surface area contributed by atoms with Gasteiger partial charge in [-0.25, -0.2) is 0 Å². The molecule has 3 rings (SSSR count). The van der Waals surface area contributed by atoms with E-state index in [1.165, 1.54) is 19.3 Å². The Kier molecular flexibility index (Phi) is 4.54. The molecule has 1 unspecified atom stereocenters. The number of hydrogen-bond donors (Lipinski definition) is 1. The van der Waals surface area contributed by atoms with E-state index in [1.807, 2.05) is 12.1 Å². The molecule has 2 N–H and O–H groups in total. The molecule has 0 spiro atoms. The Morgan fingerprint density at radius 2 is 1.90 bits per heavy atom. The fourth-order valence-corrected chi connectivity index (χ4v) is 3.02. The van der Waals surface area contributed by atoms with Gasteiger partial charge in [0.05, 0.1) is 6.10 Å². The van der Waals surface area contributed by atoms with Gasteiger partial charge in [0, 0.05) is 12.1 Å². The van der Waals surface area contributed by atoms with Crippen molar-refractivity contribution in [2.75, 3.05) is 6.79 Å². The lowest BCUT2D eigenvalue weighted by molar-refractivity contribution is 0.152. The number of nitrogens with two attached hydrogens (primary N) is 1. The van der Waals surface area contributed by atoms with Crippen LogP contribution in [0.25, 0.3) is 0 Å². The molecule has 2 aliphatic rings. The first-order valence-corrected chi connectivity index (χ1v) is 8.11. The molecule has 0 aromatic heterocycles. The zero-order valence-corrected chi connectivity index (χ0v) is 12.8. The summed E-state index contributed by atoms with van der Waals surface area (Å²) in [5.41, 5.74) is 7.26. The highest BCUT2D eigenvalue weighted by molar-refractivity contribution is 5.52. The van der Waals surface area contributed by atoms with E-state index in [-0.39, 0.29) is 6.04 Å². The van der Waals surface area contributed by atoms with Gasteiger partial charge in [-0.1, -0.05) is 13.3 Å². The van der Waals surface area contributed by atoms with Gasteiger partial charge in [0.1, 0.15) is 5.75 Å². The van der Waals surface area contributed by atoms with Gasteiger partial charge in [0.2, 0.25) is 6.79 Å². The van der Waals surface area contributed by atoms with Gasteiger partial charge < -0.3 is 19.9 Å². The van der Waals surface area contributed by atoms with Crippen LogP contribution in [0.3, 0.4) is 0 Å². The summed E-state index contributed by atoms with van der Waals surface area (Å²) in [7, 11) is 0. The number of fused-ring (bicyclic) bond motifs is 1. The van der Waals surface area contributed by atoms with Crippen LogP contribution in [0.1, 0.15) is 51.0 Å². The summed E-state index contributed by atoms with van der Waals surface area (Å²) in [5.74, 6) is 2.52. The molecule has 1 saturated carbocycles. The van der Waals surface area contributed by atoms with E-state index in [1.54, 1.807) is 0 Å². The summed E-state index contributed by atoms with van der Waals surface area (Å²) in [6.45, 7) is 2.40. The van der Waals surface area contributed by atoms with E-state index in [9.17, 15) is 0 Å². The quantitative estimate of drug-likeness (QED) is 0.903. The predicted octanol–water partition coefficient (Wildman–Crippen LogP) is 3.41. The molecule has 4 nitrogen and oxygen atoms in total. The second-order valence-electron chi connectivity index (χ2n) is 6.06. The van der Waals surface area contributed by atoms with Crippen molar-refractivity contribution in [1.82, 2.24) is 0 Å². The normalized spacial score (nSPS) is 19.5. The molecule has 21 heavy (non-hydrogen) atoms. The van der Waals surface area contributed by atoms with Crippen molar-refractivity contribution < 1.29 is 14.2 Å². The van der Waals surface area contributed by atoms with Crippen molar-refractivity contribution in [2.45, 2.75) is 64.0 Å². The fraction of sp³-hybridized carbons (Fsp3) is 0.647. The van der Waals surface area contributed by atoms with Crippen LogP contribution in [-0.2, 0) is 6.42 Å². The molecular formula is C17H25NO3. The molecule has 1 aliphatic carbocycles. The third-order valence-electron chi connectivity index (χ3n) is 4.41. The molecule has 0 saturated heterocycles. The summed E-state index contributed by atoms with van der Waals surface area (Å²) in [6.07, 6.45) is 8.25. The maximum Gasteiger partial charge on any atom is 0.231 e. The summed E-state index contributed by atoms with van der Waals surface area (Å²) in [4.78, 5) is 0. The van der Waals surface area contributed by atoms with Gasteiger partial charge in [0.25, 0.3) is 0 Å². The Balaban J connectivity index is 1.81. The first-order chi connectivity index (χ1) is 10.3. The number of benzene rings is 1.